The van der Waals surface area contributed by atoms with Crippen molar-refractivity contribution in [2.45, 2.75) is 6.92 Å². The highest BCUT2D eigenvalue weighted by Crippen LogP contribution is 2.22. The average Bonchev–Trinajstić information content (AvgIpc) is 2.98. The molecule has 1 N–H and O–H groups in total. The number of imidazole rings is 1. The third-order valence-electron chi connectivity index (χ3n) is 2.71. The van der Waals surface area contributed by atoms with Crippen LogP contribution < -0.4 is 5.69 Å². The van der Waals surface area contributed by atoms with E-state index >= 15 is 0 Å². The largest absolute Gasteiger partial charge is 0.330 e. The van der Waals surface area contributed by atoms with Gasteiger partial charge in [0.25, 0.3) is 0 Å². The Bertz CT molecular complexity index is 721. The summed E-state index contributed by atoms with van der Waals surface area (Å²) in [5.41, 5.74) is 2.75. The number of thiazole rings is 1. The molecular weight excluding hydrogens is 246 g/mol. The Morgan fingerprint density at radius 3 is 2.61 bits per heavy atom. The number of hydrogen-bond donors (Lipinski definition) is 1. The van der Waals surface area contributed by atoms with Crippen LogP contribution >= 0.6 is 11.3 Å². The number of aromatic nitrogens is 3. The van der Waals surface area contributed by atoms with E-state index in [9.17, 15) is 4.79 Å². The van der Waals surface area contributed by atoms with Gasteiger partial charge in [-0.25, -0.2) is 9.78 Å². The highest BCUT2D eigenvalue weighted by molar-refractivity contribution is 7.09. The SMILES string of the molecule is Cc1nc(-c2ccc(-n3cc[nH]c3=O)cc2)cs1. The van der Waals surface area contributed by atoms with Gasteiger partial charge in [-0.1, -0.05) is 12.1 Å². The standard InChI is InChI=1S/C13H11N3OS/c1-9-15-12(8-18-9)10-2-4-11(5-3-10)16-7-6-14-13(16)17/h2-8H,1H3,(H,14,17). The molecule has 2 aromatic heterocycles. The minimum atomic E-state index is -0.132. The van der Waals surface area contributed by atoms with E-state index < -0.39 is 0 Å². The van der Waals surface area contributed by atoms with Crippen molar-refractivity contribution in [1.29, 1.82) is 0 Å². The molecule has 0 aliphatic rings. The smallest absolute Gasteiger partial charge is 0.312 e. The Kier molecular flexibility index (Phi) is 2.60. The second-order valence-corrected chi connectivity index (χ2v) is 5.00. The minimum Gasteiger partial charge on any atom is -0.312 e. The first-order chi connectivity index (χ1) is 8.74. The van der Waals surface area contributed by atoms with Gasteiger partial charge in [0.1, 0.15) is 0 Å². The van der Waals surface area contributed by atoms with Gasteiger partial charge in [-0.3, -0.25) is 4.57 Å². The van der Waals surface area contributed by atoms with Gasteiger partial charge < -0.3 is 4.98 Å². The van der Waals surface area contributed by atoms with Crippen LogP contribution in [0.2, 0.25) is 0 Å². The van der Waals surface area contributed by atoms with Crippen molar-refractivity contribution in [1.82, 2.24) is 14.5 Å². The molecule has 5 heteroatoms. The van der Waals surface area contributed by atoms with Crippen molar-refractivity contribution in [3.63, 3.8) is 0 Å². The number of aromatic amines is 1. The Morgan fingerprint density at radius 2 is 2.06 bits per heavy atom. The first-order valence-corrected chi connectivity index (χ1v) is 6.41. The summed E-state index contributed by atoms with van der Waals surface area (Å²) in [7, 11) is 0. The molecule has 0 aliphatic heterocycles. The molecule has 0 saturated heterocycles. The number of nitrogens with one attached hydrogen (secondary N) is 1. The van der Waals surface area contributed by atoms with E-state index in [2.05, 4.69) is 9.97 Å². The fourth-order valence-corrected chi connectivity index (χ4v) is 2.43. The number of nitrogens with zero attached hydrogens (tertiary/aromatic N) is 2. The van der Waals surface area contributed by atoms with E-state index in [4.69, 9.17) is 0 Å². The van der Waals surface area contributed by atoms with E-state index in [1.165, 1.54) is 0 Å². The van der Waals surface area contributed by atoms with Crippen molar-refractivity contribution >= 4 is 11.3 Å². The topological polar surface area (TPSA) is 50.7 Å². The molecular formula is C13H11N3OS. The minimum absolute atomic E-state index is 0.132. The normalized spacial score (nSPS) is 10.7. The molecule has 4 nitrogen and oxygen atoms in total. The summed E-state index contributed by atoms with van der Waals surface area (Å²) in [4.78, 5) is 18.5. The zero-order valence-corrected chi connectivity index (χ0v) is 10.6. The Balaban J connectivity index is 1.99. The molecule has 90 valence electrons. The van der Waals surface area contributed by atoms with Crippen LogP contribution in [0.1, 0.15) is 5.01 Å². The van der Waals surface area contributed by atoms with Crippen LogP contribution in [0, 0.1) is 6.92 Å². The quantitative estimate of drug-likeness (QED) is 0.767. The van der Waals surface area contributed by atoms with Crippen LogP contribution in [0.4, 0.5) is 0 Å². The van der Waals surface area contributed by atoms with Crippen LogP contribution in [0.15, 0.2) is 46.8 Å². The van der Waals surface area contributed by atoms with Gasteiger partial charge in [0.15, 0.2) is 0 Å². The Labute approximate surface area is 108 Å². The third kappa shape index (κ3) is 1.89. The lowest BCUT2D eigenvalue weighted by molar-refractivity contribution is 0.987. The van der Waals surface area contributed by atoms with E-state index in [1.807, 2.05) is 36.6 Å². The molecule has 0 fully saturated rings. The van der Waals surface area contributed by atoms with Gasteiger partial charge in [-0.2, -0.15) is 0 Å². The zero-order chi connectivity index (χ0) is 12.5. The molecule has 0 aliphatic carbocycles. The van der Waals surface area contributed by atoms with Crippen molar-refractivity contribution in [3.8, 4) is 16.9 Å². The Morgan fingerprint density at radius 1 is 1.28 bits per heavy atom. The highest BCUT2D eigenvalue weighted by atomic mass is 32.1. The molecule has 0 bridgehead atoms. The van der Waals surface area contributed by atoms with Gasteiger partial charge in [0.05, 0.1) is 16.4 Å². The van der Waals surface area contributed by atoms with Crippen molar-refractivity contribution in [2.24, 2.45) is 0 Å². The number of benzene rings is 1. The number of H-pyrrole nitrogens is 1. The molecule has 0 radical (unpaired) electrons. The lowest BCUT2D eigenvalue weighted by Crippen LogP contribution is -2.13. The van der Waals surface area contributed by atoms with Crippen LogP contribution in [-0.4, -0.2) is 14.5 Å². The molecule has 0 amide bonds. The molecule has 0 spiro atoms. The zero-order valence-electron chi connectivity index (χ0n) is 9.75. The van der Waals surface area contributed by atoms with E-state index in [-0.39, 0.29) is 5.69 Å². The highest BCUT2D eigenvalue weighted by Gasteiger charge is 2.03. The molecule has 1 aromatic carbocycles. The molecule has 0 saturated carbocycles. The second-order valence-electron chi connectivity index (χ2n) is 3.93. The summed E-state index contributed by atoms with van der Waals surface area (Å²) >= 11 is 1.63. The monoisotopic (exact) mass is 257 g/mol. The molecule has 0 atom stereocenters. The number of hydrogen-bond acceptors (Lipinski definition) is 3. The predicted molar refractivity (Wildman–Crippen MR) is 72.2 cm³/mol. The molecule has 3 rings (SSSR count). The van der Waals surface area contributed by atoms with Crippen LogP contribution in [0.25, 0.3) is 16.9 Å². The van der Waals surface area contributed by atoms with Crippen LogP contribution in [0.3, 0.4) is 0 Å². The van der Waals surface area contributed by atoms with E-state index in [1.54, 1.807) is 28.3 Å². The Hall–Kier alpha value is -2.14. The number of rotatable bonds is 2. The second kappa shape index (κ2) is 4.27. The molecule has 2 heterocycles. The molecule has 18 heavy (non-hydrogen) atoms. The molecule has 3 aromatic rings. The van der Waals surface area contributed by atoms with Gasteiger partial charge >= 0.3 is 5.69 Å². The summed E-state index contributed by atoms with van der Waals surface area (Å²) in [5.74, 6) is 0. The van der Waals surface area contributed by atoms with Crippen LogP contribution in [-0.2, 0) is 0 Å². The maximum absolute atomic E-state index is 11.5. The van der Waals surface area contributed by atoms with Crippen LogP contribution in [0.5, 0.6) is 0 Å². The van der Waals surface area contributed by atoms with Gasteiger partial charge in [-0.05, 0) is 19.1 Å². The van der Waals surface area contributed by atoms with Gasteiger partial charge in [0.2, 0.25) is 0 Å². The maximum atomic E-state index is 11.5. The lowest BCUT2D eigenvalue weighted by atomic mass is 10.1. The average molecular weight is 257 g/mol. The van der Waals surface area contributed by atoms with Crippen molar-refractivity contribution < 1.29 is 0 Å². The summed E-state index contributed by atoms with van der Waals surface area (Å²) in [6.45, 7) is 1.99. The fraction of sp³-hybridized carbons (Fsp3) is 0.0769. The molecule has 0 unspecified atom stereocenters. The van der Waals surface area contributed by atoms with Gasteiger partial charge in [-0.15, -0.1) is 11.3 Å². The summed E-state index contributed by atoms with van der Waals surface area (Å²) in [5, 5.41) is 3.09. The maximum Gasteiger partial charge on any atom is 0.330 e. The lowest BCUT2D eigenvalue weighted by Gasteiger charge is -2.02. The van der Waals surface area contributed by atoms with E-state index in [0.717, 1.165) is 22.0 Å². The van der Waals surface area contributed by atoms with Crippen molar-refractivity contribution in [2.75, 3.05) is 0 Å². The van der Waals surface area contributed by atoms with E-state index in [0.29, 0.717) is 0 Å². The predicted octanol–water partition coefficient (Wildman–Crippen LogP) is 2.60. The third-order valence-corrected chi connectivity index (χ3v) is 3.48. The first kappa shape index (κ1) is 11.0. The summed E-state index contributed by atoms with van der Waals surface area (Å²) in [6.07, 6.45) is 3.34. The summed E-state index contributed by atoms with van der Waals surface area (Å²) < 4.78 is 1.57. The van der Waals surface area contributed by atoms with Crippen molar-refractivity contribution in [3.05, 3.63) is 57.5 Å². The summed E-state index contributed by atoms with van der Waals surface area (Å²) in [6, 6.07) is 7.78. The number of aryl methyl sites for hydroxylation is 1. The fourth-order valence-electron chi connectivity index (χ4n) is 1.81. The first-order valence-electron chi connectivity index (χ1n) is 5.53. The van der Waals surface area contributed by atoms with Gasteiger partial charge in [0, 0.05) is 23.3 Å².